The largest absolute Gasteiger partial charge is 0.348 e. The summed E-state index contributed by atoms with van der Waals surface area (Å²) < 4.78 is 0. The van der Waals surface area contributed by atoms with Crippen LogP contribution >= 0.6 is 11.3 Å². The molecule has 1 aromatic heterocycles. The molecular weight excluding hydrogens is 346 g/mol. The molecule has 0 radical (unpaired) electrons. The van der Waals surface area contributed by atoms with E-state index in [2.05, 4.69) is 56.6 Å². The molecule has 0 bridgehead atoms. The minimum atomic E-state index is -0.559. The van der Waals surface area contributed by atoms with Gasteiger partial charge in [-0.05, 0) is 46.4 Å². The number of amides is 2. The van der Waals surface area contributed by atoms with E-state index in [0.717, 1.165) is 25.9 Å². The molecule has 1 atom stereocenters. The summed E-state index contributed by atoms with van der Waals surface area (Å²) in [5.41, 5.74) is 3.92. The van der Waals surface area contributed by atoms with Crippen LogP contribution in [0.5, 0.6) is 0 Å². The van der Waals surface area contributed by atoms with Gasteiger partial charge in [-0.15, -0.1) is 0 Å². The number of thiophene rings is 1. The quantitative estimate of drug-likeness (QED) is 0.767. The van der Waals surface area contributed by atoms with Crippen molar-refractivity contribution in [1.29, 1.82) is 0 Å². The molecule has 0 saturated carbocycles. The van der Waals surface area contributed by atoms with Crippen LogP contribution in [0.4, 0.5) is 0 Å². The van der Waals surface area contributed by atoms with Crippen LogP contribution in [0.1, 0.15) is 36.1 Å². The molecular formula is C20H25N3O2S. The maximum atomic E-state index is 12.1. The Hall–Kier alpha value is -2.18. The molecule has 26 heavy (non-hydrogen) atoms. The van der Waals surface area contributed by atoms with Crippen molar-refractivity contribution in [2.24, 2.45) is 0 Å². The van der Waals surface area contributed by atoms with E-state index in [9.17, 15) is 9.59 Å². The molecule has 2 aromatic rings. The summed E-state index contributed by atoms with van der Waals surface area (Å²) in [4.78, 5) is 26.3. The summed E-state index contributed by atoms with van der Waals surface area (Å²) in [6.07, 6.45) is 1.81. The van der Waals surface area contributed by atoms with Crippen molar-refractivity contribution in [3.63, 3.8) is 0 Å². The minimum absolute atomic E-state index is 0.0672. The Morgan fingerprint density at radius 3 is 2.65 bits per heavy atom. The van der Waals surface area contributed by atoms with Gasteiger partial charge in [0.05, 0.1) is 6.04 Å². The molecule has 0 spiro atoms. The lowest BCUT2D eigenvalue weighted by Crippen LogP contribution is -2.45. The molecule has 1 aliphatic rings. The third kappa shape index (κ3) is 4.51. The van der Waals surface area contributed by atoms with E-state index >= 15 is 0 Å². The molecule has 6 heteroatoms. The third-order valence-corrected chi connectivity index (χ3v) is 5.43. The lowest BCUT2D eigenvalue weighted by Gasteiger charge is -2.35. The predicted octanol–water partition coefficient (Wildman–Crippen LogP) is 2.49. The Balaban J connectivity index is 1.67. The normalized spacial score (nSPS) is 15.1. The highest BCUT2D eigenvalue weighted by atomic mass is 32.1. The number of nitrogens with one attached hydrogen (secondary N) is 2. The van der Waals surface area contributed by atoms with Crippen LogP contribution in [0.25, 0.3) is 0 Å². The first-order valence-electron chi connectivity index (χ1n) is 9.08. The van der Waals surface area contributed by atoms with E-state index < -0.39 is 11.8 Å². The average molecular weight is 372 g/mol. The second-order valence-corrected chi connectivity index (χ2v) is 7.31. The molecule has 2 N–H and O–H groups in total. The monoisotopic (exact) mass is 371 g/mol. The predicted molar refractivity (Wildman–Crippen MR) is 104 cm³/mol. The van der Waals surface area contributed by atoms with Crippen molar-refractivity contribution in [3.8, 4) is 0 Å². The van der Waals surface area contributed by atoms with Crippen LogP contribution < -0.4 is 10.6 Å². The molecule has 3 rings (SSSR count). The number of hydrogen-bond donors (Lipinski definition) is 2. The summed E-state index contributed by atoms with van der Waals surface area (Å²) in [5, 5.41) is 9.60. The Bertz CT molecular complexity index is 745. The molecule has 1 unspecified atom stereocenters. The van der Waals surface area contributed by atoms with Crippen molar-refractivity contribution in [2.75, 3.05) is 19.6 Å². The lowest BCUT2D eigenvalue weighted by atomic mass is 9.97. The van der Waals surface area contributed by atoms with Crippen molar-refractivity contribution in [3.05, 3.63) is 57.8 Å². The number of nitrogens with zero attached hydrogens (tertiary/aromatic N) is 1. The van der Waals surface area contributed by atoms with Gasteiger partial charge in [0, 0.05) is 26.2 Å². The number of rotatable bonds is 6. The van der Waals surface area contributed by atoms with E-state index in [4.69, 9.17) is 0 Å². The Morgan fingerprint density at radius 2 is 1.92 bits per heavy atom. The summed E-state index contributed by atoms with van der Waals surface area (Å²) in [7, 11) is 0. The second-order valence-electron chi connectivity index (χ2n) is 6.53. The Morgan fingerprint density at radius 1 is 1.15 bits per heavy atom. The summed E-state index contributed by atoms with van der Waals surface area (Å²) >= 11 is 1.65. The van der Waals surface area contributed by atoms with E-state index in [-0.39, 0.29) is 6.04 Å². The van der Waals surface area contributed by atoms with Gasteiger partial charge in [0.25, 0.3) is 0 Å². The maximum Gasteiger partial charge on any atom is 0.309 e. The van der Waals surface area contributed by atoms with E-state index in [1.165, 1.54) is 16.7 Å². The van der Waals surface area contributed by atoms with Gasteiger partial charge in [0.1, 0.15) is 0 Å². The fourth-order valence-electron chi connectivity index (χ4n) is 3.29. The first kappa shape index (κ1) is 18.6. The Kier molecular flexibility index (Phi) is 6.41. The summed E-state index contributed by atoms with van der Waals surface area (Å²) in [6.45, 7) is 4.70. The molecule has 0 fully saturated rings. The van der Waals surface area contributed by atoms with Crippen molar-refractivity contribution < 1.29 is 9.59 Å². The van der Waals surface area contributed by atoms with Crippen LogP contribution in [0, 0.1) is 0 Å². The molecule has 2 heterocycles. The molecule has 1 aliphatic heterocycles. The number of carbonyl (C=O) groups is 2. The van der Waals surface area contributed by atoms with Crippen LogP contribution in [0.2, 0.25) is 0 Å². The van der Waals surface area contributed by atoms with Crippen molar-refractivity contribution >= 4 is 23.2 Å². The van der Waals surface area contributed by atoms with Crippen LogP contribution in [-0.2, 0) is 22.6 Å². The number of hydrogen-bond acceptors (Lipinski definition) is 4. The zero-order valence-electron chi connectivity index (χ0n) is 15.0. The van der Waals surface area contributed by atoms with Crippen LogP contribution in [-0.4, -0.2) is 36.3 Å². The van der Waals surface area contributed by atoms with E-state index in [1.807, 2.05) is 6.92 Å². The lowest BCUT2D eigenvalue weighted by molar-refractivity contribution is -0.139. The van der Waals surface area contributed by atoms with E-state index in [1.54, 1.807) is 11.3 Å². The minimum Gasteiger partial charge on any atom is -0.348 e. The fourth-order valence-corrected chi connectivity index (χ4v) is 4.00. The zero-order chi connectivity index (χ0) is 18.4. The number of carbonyl (C=O) groups excluding carboxylic acids is 2. The summed E-state index contributed by atoms with van der Waals surface area (Å²) in [5.74, 6) is -1.11. The Labute approximate surface area is 158 Å². The van der Waals surface area contributed by atoms with Gasteiger partial charge in [0.2, 0.25) is 0 Å². The van der Waals surface area contributed by atoms with Crippen LogP contribution in [0.15, 0.2) is 41.1 Å². The molecule has 2 amide bonds. The van der Waals surface area contributed by atoms with Crippen molar-refractivity contribution in [1.82, 2.24) is 15.5 Å². The maximum absolute atomic E-state index is 12.1. The molecule has 1 aromatic carbocycles. The molecule has 138 valence electrons. The summed E-state index contributed by atoms with van der Waals surface area (Å²) in [6, 6.07) is 10.7. The van der Waals surface area contributed by atoms with E-state index in [0.29, 0.717) is 13.1 Å². The van der Waals surface area contributed by atoms with Crippen molar-refractivity contribution in [2.45, 2.75) is 32.4 Å². The average Bonchev–Trinajstić information content (AvgIpc) is 3.20. The smallest absolute Gasteiger partial charge is 0.309 e. The number of benzene rings is 1. The van der Waals surface area contributed by atoms with Gasteiger partial charge in [0.15, 0.2) is 0 Å². The second kappa shape index (κ2) is 8.96. The van der Waals surface area contributed by atoms with Gasteiger partial charge in [-0.3, -0.25) is 14.5 Å². The molecule has 5 nitrogen and oxygen atoms in total. The zero-order valence-corrected chi connectivity index (χ0v) is 15.8. The topological polar surface area (TPSA) is 61.4 Å². The molecule has 0 saturated heterocycles. The standard InChI is InChI=1S/C20H25N3O2S/c1-2-9-21-19(24)20(25)22-12-18(17-8-11-26-14-17)23-10-7-15-5-3-4-6-16(15)13-23/h3-6,8,11,14,18H,2,7,9-10,12-13H2,1H3,(H,21,24)(H,22,25). The third-order valence-electron chi connectivity index (χ3n) is 4.73. The van der Waals surface area contributed by atoms with Gasteiger partial charge < -0.3 is 10.6 Å². The first-order chi connectivity index (χ1) is 12.7. The SMILES string of the molecule is CCCNC(=O)C(=O)NCC(c1ccsc1)N1CCc2ccccc2C1. The highest BCUT2D eigenvalue weighted by Gasteiger charge is 2.26. The highest BCUT2D eigenvalue weighted by molar-refractivity contribution is 7.08. The van der Waals surface area contributed by atoms with Gasteiger partial charge >= 0.3 is 11.8 Å². The van der Waals surface area contributed by atoms with Gasteiger partial charge in [-0.2, -0.15) is 11.3 Å². The highest BCUT2D eigenvalue weighted by Crippen LogP contribution is 2.28. The van der Waals surface area contributed by atoms with Gasteiger partial charge in [-0.1, -0.05) is 31.2 Å². The fraction of sp³-hybridized carbons (Fsp3) is 0.400. The van der Waals surface area contributed by atoms with Crippen LogP contribution in [0.3, 0.4) is 0 Å². The number of fused-ring (bicyclic) bond motifs is 1. The first-order valence-corrected chi connectivity index (χ1v) is 10.0. The van der Waals surface area contributed by atoms with Gasteiger partial charge in [-0.25, -0.2) is 0 Å². The molecule has 0 aliphatic carbocycles.